The van der Waals surface area contributed by atoms with E-state index in [-0.39, 0.29) is 23.2 Å². The molecule has 4 heterocycles. The minimum absolute atomic E-state index is 0.0185. The molecule has 1 aliphatic rings. The van der Waals surface area contributed by atoms with Crippen LogP contribution in [0.15, 0.2) is 24.5 Å². The van der Waals surface area contributed by atoms with Gasteiger partial charge in [0.2, 0.25) is 5.95 Å². The predicted molar refractivity (Wildman–Crippen MR) is 136 cm³/mol. The Bertz CT molecular complexity index is 1360. The van der Waals surface area contributed by atoms with Crippen LogP contribution in [-0.4, -0.2) is 62.1 Å². The van der Waals surface area contributed by atoms with E-state index in [1.165, 1.54) is 17.4 Å². The van der Waals surface area contributed by atoms with Crippen LogP contribution in [0.3, 0.4) is 0 Å². The van der Waals surface area contributed by atoms with Gasteiger partial charge < -0.3 is 14.4 Å². The Morgan fingerprint density at radius 1 is 1.03 bits per heavy atom. The zero-order valence-corrected chi connectivity index (χ0v) is 21.0. The highest BCUT2D eigenvalue weighted by Crippen LogP contribution is 2.32. The zero-order chi connectivity index (χ0) is 24.7. The lowest BCUT2D eigenvalue weighted by molar-refractivity contribution is 0.271. The second-order valence-corrected chi connectivity index (χ2v) is 9.90. The molecule has 4 aromatic rings. The van der Waals surface area contributed by atoms with Crippen molar-refractivity contribution < 1.29 is 8.78 Å². The smallest absolute Gasteiger partial charge is 0.229 e. The molecule has 1 fully saturated rings. The first-order chi connectivity index (χ1) is 16.8. The van der Waals surface area contributed by atoms with E-state index < -0.39 is 11.6 Å². The summed E-state index contributed by atoms with van der Waals surface area (Å²) in [5, 5.41) is 4.76. The van der Waals surface area contributed by atoms with Crippen molar-refractivity contribution in [2.45, 2.75) is 33.7 Å². The Morgan fingerprint density at radius 2 is 1.80 bits per heavy atom. The van der Waals surface area contributed by atoms with Crippen molar-refractivity contribution in [1.29, 1.82) is 0 Å². The number of halogens is 2. The van der Waals surface area contributed by atoms with E-state index in [0.29, 0.717) is 22.0 Å². The Kier molecular flexibility index (Phi) is 6.37. The van der Waals surface area contributed by atoms with Crippen molar-refractivity contribution in [2.75, 3.05) is 42.9 Å². The van der Waals surface area contributed by atoms with Crippen LogP contribution in [0, 0.1) is 18.6 Å². The Hall–Kier alpha value is -3.18. The average Bonchev–Trinajstić information content (AvgIpc) is 3.44. The van der Waals surface area contributed by atoms with Crippen molar-refractivity contribution in [3.63, 3.8) is 0 Å². The first-order valence-electron chi connectivity index (χ1n) is 11.7. The molecule has 0 bridgehead atoms. The summed E-state index contributed by atoms with van der Waals surface area (Å²) in [6, 6.07) is 3.07. The number of nitrogens with zero attached hydrogens (tertiary/aromatic N) is 7. The summed E-state index contributed by atoms with van der Waals surface area (Å²) in [5.41, 5.74) is 1.22. The van der Waals surface area contributed by atoms with E-state index in [0.717, 1.165) is 43.9 Å². The molecule has 5 rings (SSSR count). The average molecular weight is 499 g/mol. The van der Waals surface area contributed by atoms with E-state index in [1.807, 2.05) is 31.5 Å². The second-order valence-electron chi connectivity index (χ2n) is 8.89. The zero-order valence-electron chi connectivity index (χ0n) is 20.2. The minimum Gasteiger partial charge on any atom is -0.360 e. The summed E-state index contributed by atoms with van der Waals surface area (Å²) in [6.07, 6.45) is 2.92. The summed E-state index contributed by atoms with van der Waals surface area (Å²) < 4.78 is 31.6. The van der Waals surface area contributed by atoms with Crippen LogP contribution in [0.5, 0.6) is 0 Å². The number of hydrogen-bond donors (Lipinski definition) is 1. The first-order valence-corrected chi connectivity index (χ1v) is 12.6. The fourth-order valence-corrected chi connectivity index (χ4v) is 5.40. The molecule has 3 aromatic heterocycles. The lowest BCUT2D eigenvalue weighted by Gasteiger charge is -2.34. The third kappa shape index (κ3) is 4.57. The monoisotopic (exact) mass is 498 g/mol. The van der Waals surface area contributed by atoms with Crippen molar-refractivity contribution in [1.82, 2.24) is 29.4 Å². The number of rotatable bonds is 6. The molecule has 1 saturated heterocycles. The van der Waals surface area contributed by atoms with Gasteiger partial charge >= 0.3 is 0 Å². The van der Waals surface area contributed by atoms with Crippen LogP contribution >= 0.6 is 11.3 Å². The van der Waals surface area contributed by atoms with Gasteiger partial charge in [0.1, 0.15) is 22.0 Å². The summed E-state index contributed by atoms with van der Waals surface area (Å²) in [7, 11) is 0. The fraction of sp³-hybridized carbons (Fsp3) is 0.417. The van der Waals surface area contributed by atoms with Gasteiger partial charge in [0, 0.05) is 37.8 Å². The number of hydrogen-bond acceptors (Lipinski definition) is 8. The number of anilines is 3. The lowest BCUT2D eigenvalue weighted by atomic mass is 10.1. The van der Waals surface area contributed by atoms with Crippen molar-refractivity contribution in [3.05, 3.63) is 42.0 Å². The molecule has 8 nitrogen and oxygen atoms in total. The van der Waals surface area contributed by atoms with Gasteiger partial charge in [-0.15, -0.1) is 0 Å². The molecule has 0 radical (unpaired) electrons. The maximum atomic E-state index is 14.9. The molecule has 0 saturated carbocycles. The van der Waals surface area contributed by atoms with Crippen LogP contribution in [0.4, 0.5) is 24.9 Å². The maximum absolute atomic E-state index is 14.9. The van der Waals surface area contributed by atoms with Crippen LogP contribution < -0.4 is 10.2 Å². The number of fused-ring (bicyclic) bond motifs is 1. The molecule has 11 heteroatoms. The molecule has 1 aromatic carbocycles. The topological polar surface area (TPSA) is 75.0 Å². The normalized spacial score (nSPS) is 14.9. The Morgan fingerprint density at radius 3 is 2.51 bits per heavy atom. The molecule has 0 amide bonds. The van der Waals surface area contributed by atoms with Crippen LogP contribution in [0.1, 0.15) is 32.6 Å². The van der Waals surface area contributed by atoms with Gasteiger partial charge in [0.25, 0.3) is 0 Å². The molecule has 1 N–H and O–H groups in total. The van der Waals surface area contributed by atoms with Crippen molar-refractivity contribution in [2.24, 2.45) is 0 Å². The second kappa shape index (κ2) is 9.46. The third-order valence-electron chi connectivity index (χ3n) is 6.30. The molecule has 35 heavy (non-hydrogen) atoms. The summed E-state index contributed by atoms with van der Waals surface area (Å²) in [4.78, 5) is 22.0. The van der Waals surface area contributed by atoms with E-state index in [1.54, 1.807) is 6.07 Å². The predicted octanol–water partition coefficient (Wildman–Crippen LogP) is 5.00. The van der Waals surface area contributed by atoms with Crippen LogP contribution in [-0.2, 0) is 0 Å². The van der Waals surface area contributed by atoms with E-state index >= 15 is 0 Å². The molecule has 0 atom stereocenters. The highest BCUT2D eigenvalue weighted by molar-refractivity contribution is 7.19. The highest BCUT2D eigenvalue weighted by Gasteiger charge is 2.20. The number of likely N-dealkylation sites (N-methyl/N-ethyl adjacent to an activating group) is 1. The molecule has 1 aliphatic heterocycles. The lowest BCUT2D eigenvalue weighted by Crippen LogP contribution is -2.45. The first kappa shape index (κ1) is 23.6. The van der Waals surface area contributed by atoms with Crippen molar-refractivity contribution in [3.8, 4) is 11.3 Å². The molecular weight excluding hydrogens is 470 g/mol. The molecule has 0 spiro atoms. The van der Waals surface area contributed by atoms with E-state index in [9.17, 15) is 8.78 Å². The fourth-order valence-electron chi connectivity index (χ4n) is 4.54. The van der Waals surface area contributed by atoms with Gasteiger partial charge in [0.05, 0.1) is 17.9 Å². The van der Waals surface area contributed by atoms with Gasteiger partial charge in [-0.3, -0.25) is 5.32 Å². The van der Waals surface area contributed by atoms with Crippen LogP contribution in [0.2, 0.25) is 0 Å². The van der Waals surface area contributed by atoms with E-state index in [4.69, 9.17) is 0 Å². The molecule has 0 aliphatic carbocycles. The highest BCUT2D eigenvalue weighted by atomic mass is 32.1. The SMILES string of the molecule is CCN1CCN(c2cnc(Nc3ncc(F)c(-c4cc(F)c5nc(C)n(C(C)C)c5c4)n3)s2)CC1. The molecule has 0 unspecified atom stereocenters. The standard InChI is InChI=1S/C24H28F2N8S/c1-5-32-6-8-33(9-7-32)20-13-28-24(35-20)31-23-27-12-18(26)21(30-23)16-10-17(25)22-19(11-16)34(14(2)3)15(4)29-22/h10-14H,5-9H2,1-4H3,(H,27,28,30,31). The number of aryl methyl sites for hydroxylation is 1. The number of aromatic nitrogens is 5. The molecular formula is C24H28F2N8S. The largest absolute Gasteiger partial charge is 0.360 e. The number of imidazole rings is 1. The third-order valence-corrected chi connectivity index (χ3v) is 7.28. The summed E-state index contributed by atoms with van der Waals surface area (Å²) in [6.45, 7) is 13.0. The quantitative estimate of drug-likeness (QED) is 0.401. The van der Waals surface area contributed by atoms with Crippen molar-refractivity contribution >= 4 is 38.5 Å². The van der Waals surface area contributed by atoms with Gasteiger partial charge in [-0.05, 0) is 39.4 Å². The van der Waals surface area contributed by atoms with E-state index in [2.05, 4.69) is 42.0 Å². The minimum atomic E-state index is -0.629. The van der Waals surface area contributed by atoms with Gasteiger partial charge in [-0.2, -0.15) is 0 Å². The van der Waals surface area contributed by atoms with Crippen LogP contribution in [0.25, 0.3) is 22.3 Å². The Balaban J connectivity index is 1.42. The number of nitrogens with one attached hydrogen (secondary N) is 1. The molecule has 184 valence electrons. The number of thiazole rings is 1. The number of benzene rings is 1. The number of piperazine rings is 1. The summed E-state index contributed by atoms with van der Waals surface area (Å²) in [5.74, 6) is -0.241. The van der Waals surface area contributed by atoms with Gasteiger partial charge in [0.15, 0.2) is 16.8 Å². The summed E-state index contributed by atoms with van der Waals surface area (Å²) >= 11 is 1.50. The van der Waals surface area contributed by atoms with Gasteiger partial charge in [-0.1, -0.05) is 18.3 Å². The van der Waals surface area contributed by atoms with Gasteiger partial charge in [-0.25, -0.2) is 28.7 Å². The maximum Gasteiger partial charge on any atom is 0.229 e. The Labute approximate surface area is 206 Å².